The van der Waals surface area contributed by atoms with Gasteiger partial charge in [-0.25, -0.2) is 4.98 Å². The number of hydrogen-bond donors (Lipinski definition) is 1. The van der Waals surface area contributed by atoms with Crippen LogP contribution in [-0.2, 0) is 0 Å². The van der Waals surface area contributed by atoms with E-state index in [1.54, 1.807) is 24.3 Å². The highest BCUT2D eigenvalue weighted by atomic mass is 19.1. The first-order valence-corrected chi connectivity index (χ1v) is 3.57. The van der Waals surface area contributed by atoms with E-state index in [2.05, 4.69) is 4.98 Å². The van der Waals surface area contributed by atoms with E-state index in [-0.39, 0.29) is 0 Å². The third-order valence-electron chi connectivity index (χ3n) is 1.74. The molecule has 2 aromatic rings. The van der Waals surface area contributed by atoms with Crippen LogP contribution in [0.3, 0.4) is 0 Å². The minimum absolute atomic E-state index is 0.470. The lowest BCUT2D eigenvalue weighted by Crippen LogP contribution is -1.87. The fraction of sp³-hybridized carbons (Fsp3) is 0. The zero-order chi connectivity index (χ0) is 8.55. The Balaban J connectivity index is 2.88. The van der Waals surface area contributed by atoms with Crippen LogP contribution in [0.25, 0.3) is 10.8 Å². The Bertz CT molecular complexity index is 426. The standard InChI is InChI=1S/C9H7FN2/c10-9-8-5-7(11)2-1-6(8)3-4-12-9/h1-5H,11H2. The summed E-state index contributed by atoms with van der Waals surface area (Å²) in [6, 6.07) is 6.84. The fourth-order valence-corrected chi connectivity index (χ4v) is 1.15. The Kier molecular flexibility index (Phi) is 1.43. The Morgan fingerprint density at radius 2 is 2.08 bits per heavy atom. The molecule has 0 atom stereocenters. The molecule has 0 saturated carbocycles. The van der Waals surface area contributed by atoms with Crippen molar-refractivity contribution < 1.29 is 4.39 Å². The molecule has 12 heavy (non-hydrogen) atoms. The first kappa shape index (κ1) is 7.03. The quantitative estimate of drug-likeness (QED) is 0.475. The summed E-state index contributed by atoms with van der Waals surface area (Å²) in [5, 5.41) is 1.29. The molecule has 0 saturated heterocycles. The molecule has 1 aromatic heterocycles. The first-order valence-electron chi connectivity index (χ1n) is 3.57. The molecule has 0 radical (unpaired) electrons. The summed E-state index contributed by atoms with van der Waals surface area (Å²) in [6.45, 7) is 0. The van der Waals surface area contributed by atoms with Gasteiger partial charge in [-0.2, -0.15) is 4.39 Å². The number of fused-ring (bicyclic) bond motifs is 1. The van der Waals surface area contributed by atoms with Crippen LogP contribution >= 0.6 is 0 Å². The van der Waals surface area contributed by atoms with E-state index in [0.717, 1.165) is 5.39 Å². The predicted molar refractivity (Wildman–Crippen MR) is 46.1 cm³/mol. The molecule has 0 aliphatic rings. The highest BCUT2D eigenvalue weighted by Crippen LogP contribution is 2.18. The monoisotopic (exact) mass is 162 g/mol. The summed E-state index contributed by atoms with van der Waals surface area (Å²) in [4.78, 5) is 3.53. The number of nitrogens with zero attached hydrogens (tertiary/aromatic N) is 1. The minimum atomic E-state index is -0.472. The SMILES string of the molecule is Nc1ccc2ccnc(F)c2c1. The highest BCUT2D eigenvalue weighted by molar-refractivity contribution is 5.84. The molecule has 0 bridgehead atoms. The molecular formula is C9H7FN2. The number of nitrogens with two attached hydrogens (primary N) is 1. The van der Waals surface area contributed by atoms with E-state index >= 15 is 0 Å². The molecule has 60 valence electrons. The topological polar surface area (TPSA) is 38.9 Å². The van der Waals surface area contributed by atoms with Gasteiger partial charge in [-0.1, -0.05) is 6.07 Å². The van der Waals surface area contributed by atoms with Crippen LogP contribution < -0.4 is 5.73 Å². The van der Waals surface area contributed by atoms with Crippen LogP contribution in [0.1, 0.15) is 0 Å². The number of rotatable bonds is 0. The van der Waals surface area contributed by atoms with Crippen LogP contribution in [0.5, 0.6) is 0 Å². The van der Waals surface area contributed by atoms with Crippen molar-refractivity contribution in [1.29, 1.82) is 0 Å². The van der Waals surface area contributed by atoms with Gasteiger partial charge >= 0.3 is 0 Å². The van der Waals surface area contributed by atoms with E-state index in [0.29, 0.717) is 11.1 Å². The summed E-state index contributed by atoms with van der Waals surface area (Å²) < 4.78 is 13.0. The van der Waals surface area contributed by atoms with Crippen molar-refractivity contribution in [2.24, 2.45) is 0 Å². The molecule has 0 amide bonds. The lowest BCUT2D eigenvalue weighted by atomic mass is 10.1. The van der Waals surface area contributed by atoms with Gasteiger partial charge in [0.2, 0.25) is 5.95 Å². The van der Waals surface area contributed by atoms with Crippen molar-refractivity contribution in [3.8, 4) is 0 Å². The van der Waals surface area contributed by atoms with Crippen molar-refractivity contribution in [2.45, 2.75) is 0 Å². The van der Waals surface area contributed by atoms with Gasteiger partial charge in [0.1, 0.15) is 0 Å². The maximum atomic E-state index is 13.0. The second-order valence-electron chi connectivity index (χ2n) is 2.58. The molecule has 2 nitrogen and oxygen atoms in total. The van der Waals surface area contributed by atoms with Gasteiger partial charge in [-0.05, 0) is 23.6 Å². The van der Waals surface area contributed by atoms with Crippen molar-refractivity contribution in [3.05, 3.63) is 36.4 Å². The molecule has 2 rings (SSSR count). The fourth-order valence-electron chi connectivity index (χ4n) is 1.15. The smallest absolute Gasteiger partial charge is 0.220 e. The molecule has 3 heteroatoms. The van der Waals surface area contributed by atoms with E-state index in [1.807, 2.05) is 0 Å². The van der Waals surface area contributed by atoms with Crippen LogP contribution in [-0.4, -0.2) is 4.98 Å². The second kappa shape index (κ2) is 2.44. The Hall–Kier alpha value is -1.64. The summed E-state index contributed by atoms with van der Waals surface area (Å²) in [5.41, 5.74) is 6.05. The van der Waals surface area contributed by atoms with Crippen molar-refractivity contribution >= 4 is 16.5 Å². The first-order chi connectivity index (χ1) is 5.77. The molecule has 2 N–H and O–H groups in total. The largest absolute Gasteiger partial charge is 0.399 e. The van der Waals surface area contributed by atoms with Crippen molar-refractivity contribution in [2.75, 3.05) is 5.73 Å². The molecule has 0 fully saturated rings. The molecule has 0 unspecified atom stereocenters. The Morgan fingerprint density at radius 3 is 2.92 bits per heavy atom. The van der Waals surface area contributed by atoms with Crippen LogP contribution in [0.2, 0.25) is 0 Å². The lowest BCUT2D eigenvalue weighted by molar-refractivity contribution is 0.597. The van der Waals surface area contributed by atoms with Crippen LogP contribution in [0.4, 0.5) is 10.1 Å². The number of halogens is 1. The number of benzene rings is 1. The molecule has 1 aromatic carbocycles. The summed E-state index contributed by atoms with van der Waals surface area (Å²) in [5.74, 6) is -0.472. The predicted octanol–water partition coefficient (Wildman–Crippen LogP) is 1.96. The van der Waals surface area contributed by atoms with Gasteiger partial charge in [0.25, 0.3) is 0 Å². The van der Waals surface area contributed by atoms with Crippen LogP contribution in [0.15, 0.2) is 30.5 Å². The van der Waals surface area contributed by atoms with Crippen LogP contribution in [0, 0.1) is 5.95 Å². The average Bonchev–Trinajstić information content (AvgIpc) is 2.07. The van der Waals surface area contributed by atoms with Gasteiger partial charge in [0.05, 0.1) is 0 Å². The Labute approximate surface area is 68.8 Å². The van der Waals surface area contributed by atoms with E-state index in [4.69, 9.17) is 5.73 Å². The highest BCUT2D eigenvalue weighted by Gasteiger charge is 1.99. The van der Waals surface area contributed by atoms with E-state index < -0.39 is 5.95 Å². The maximum Gasteiger partial charge on any atom is 0.220 e. The number of anilines is 1. The van der Waals surface area contributed by atoms with Gasteiger partial charge in [0, 0.05) is 17.3 Å². The van der Waals surface area contributed by atoms with Gasteiger partial charge in [-0.15, -0.1) is 0 Å². The average molecular weight is 162 g/mol. The molecule has 0 spiro atoms. The third kappa shape index (κ3) is 0.993. The minimum Gasteiger partial charge on any atom is -0.399 e. The van der Waals surface area contributed by atoms with Gasteiger partial charge < -0.3 is 5.73 Å². The third-order valence-corrected chi connectivity index (χ3v) is 1.74. The maximum absolute atomic E-state index is 13.0. The molecule has 1 heterocycles. The Morgan fingerprint density at radius 1 is 1.25 bits per heavy atom. The zero-order valence-corrected chi connectivity index (χ0v) is 6.29. The van der Waals surface area contributed by atoms with Gasteiger partial charge in [0.15, 0.2) is 0 Å². The summed E-state index contributed by atoms with van der Waals surface area (Å²) in [7, 11) is 0. The van der Waals surface area contributed by atoms with E-state index in [9.17, 15) is 4.39 Å². The number of pyridine rings is 1. The van der Waals surface area contributed by atoms with Crippen molar-refractivity contribution in [3.63, 3.8) is 0 Å². The second-order valence-corrected chi connectivity index (χ2v) is 2.58. The number of hydrogen-bond acceptors (Lipinski definition) is 2. The summed E-state index contributed by atoms with van der Waals surface area (Å²) >= 11 is 0. The molecular weight excluding hydrogens is 155 g/mol. The number of aromatic nitrogens is 1. The normalized spacial score (nSPS) is 10.4. The van der Waals surface area contributed by atoms with Crippen molar-refractivity contribution in [1.82, 2.24) is 4.98 Å². The number of nitrogen functional groups attached to an aromatic ring is 1. The van der Waals surface area contributed by atoms with E-state index in [1.165, 1.54) is 6.20 Å². The molecule has 0 aliphatic heterocycles. The molecule has 0 aliphatic carbocycles. The zero-order valence-electron chi connectivity index (χ0n) is 6.29. The van der Waals surface area contributed by atoms with Gasteiger partial charge in [-0.3, -0.25) is 0 Å². The lowest BCUT2D eigenvalue weighted by Gasteiger charge is -1.98. The summed E-state index contributed by atoms with van der Waals surface area (Å²) in [6.07, 6.45) is 1.44.